The highest BCUT2D eigenvalue weighted by Gasteiger charge is 2.27. The monoisotopic (exact) mass is 285 g/mol. The van der Waals surface area contributed by atoms with Gasteiger partial charge in [-0.05, 0) is 31.6 Å². The van der Waals surface area contributed by atoms with Crippen LogP contribution in [0.2, 0.25) is 0 Å². The number of amides is 1. The lowest BCUT2D eigenvalue weighted by Gasteiger charge is -2.30. The molecule has 0 aromatic heterocycles. The lowest BCUT2D eigenvalue weighted by molar-refractivity contribution is -0.147. The van der Waals surface area contributed by atoms with E-state index in [2.05, 4.69) is 0 Å². The number of rotatable bonds is 5. The van der Waals surface area contributed by atoms with Crippen LogP contribution >= 0.6 is 0 Å². The average molecular weight is 285 g/mol. The van der Waals surface area contributed by atoms with Gasteiger partial charge in [0.25, 0.3) is 0 Å². The zero-order chi connectivity index (χ0) is 14.4. The van der Waals surface area contributed by atoms with Gasteiger partial charge in [-0.2, -0.15) is 0 Å². The van der Waals surface area contributed by atoms with Crippen LogP contribution in [0.15, 0.2) is 0 Å². The molecule has 0 radical (unpaired) electrons. The van der Waals surface area contributed by atoms with Crippen LogP contribution in [0, 0.1) is 11.8 Å². The summed E-state index contributed by atoms with van der Waals surface area (Å²) in [5.74, 6) is -0.592. The molecule has 2 rings (SSSR count). The highest BCUT2D eigenvalue weighted by atomic mass is 16.5. The summed E-state index contributed by atoms with van der Waals surface area (Å²) < 4.78 is 10.8. The van der Waals surface area contributed by atoms with E-state index in [-0.39, 0.29) is 18.4 Å². The molecule has 0 aromatic carbocycles. The molecule has 2 saturated heterocycles. The van der Waals surface area contributed by atoms with Crippen molar-refractivity contribution in [1.82, 2.24) is 4.90 Å². The van der Waals surface area contributed by atoms with Gasteiger partial charge < -0.3 is 19.5 Å². The first-order valence-corrected chi connectivity index (χ1v) is 7.33. The van der Waals surface area contributed by atoms with Crippen LogP contribution in [-0.4, -0.2) is 61.4 Å². The van der Waals surface area contributed by atoms with Gasteiger partial charge in [0.15, 0.2) is 0 Å². The highest BCUT2D eigenvalue weighted by molar-refractivity contribution is 5.78. The fourth-order valence-corrected chi connectivity index (χ4v) is 2.69. The molecule has 0 aliphatic carbocycles. The maximum atomic E-state index is 11.9. The van der Waals surface area contributed by atoms with Gasteiger partial charge in [-0.25, -0.2) is 0 Å². The maximum Gasteiger partial charge on any atom is 0.306 e. The third-order valence-electron chi connectivity index (χ3n) is 4.12. The van der Waals surface area contributed by atoms with E-state index < -0.39 is 5.97 Å². The molecule has 0 aromatic rings. The van der Waals surface area contributed by atoms with Crippen molar-refractivity contribution < 1.29 is 24.2 Å². The van der Waals surface area contributed by atoms with Crippen LogP contribution in [0.1, 0.15) is 25.7 Å². The van der Waals surface area contributed by atoms with Crippen molar-refractivity contribution in [3.63, 3.8) is 0 Å². The number of hydrogen-bond donors (Lipinski definition) is 1. The lowest BCUT2D eigenvalue weighted by Crippen LogP contribution is -2.42. The van der Waals surface area contributed by atoms with Crippen molar-refractivity contribution >= 4 is 11.9 Å². The molecule has 0 saturated carbocycles. The van der Waals surface area contributed by atoms with Gasteiger partial charge in [0.1, 0.15) is 6.61 Å². The predicted octanol–water partition coefficient (Wildman–Crippen LogP) is 0.753. The Labute approximate surface area is 119 Å². The van der Waals surface area contributed by atoms with E-state index in [1.807, 2.05) is 0 Å². The molecule has 2 heterocycles. The Morgan fingerprint density at radius 3 is 2.40 bits per heavy atom. The number of aliphatic carboxylic acids is 1. The van der Waals surface area contributed by atoms with E-state index in [0.29, 0.717) is 38.5 Å². The van der Waals surface area contributed by atoms with Gasteiger partial charge in [-0.1, -0.05) is 0 Å². The van der Waals surface area contributed by atoms with Gasteiger partial charge in [-0.3, -0.25) is 9.59 Å². The number of nitrogens with zero attached hydrogens (tertiary/aromatic N) is 1. The van der Waals surface area contributed by atoms with Crippen LogP contribution in [-0.2, 0) is 19.1 Å². The van der Waals surface area contributed by atoms with E-state index in [4.69, 9.17) is 14.6 Å². The third kappa shape index (κ3) is 4.45. The first-order chi connectivity index (χ1) is 9.66. The topological polar surface area (TPSA) is 76.1 Å². The van der Waals surface area contributed by atoms with Crippen LogP contribution in [0.3, 0.4) is 0 Å². The summed E-state index contributed by atoms with van der Waals surface area (Å²) in [5, 5.41) is 8.91. The molecular weight excluding hydrogens is 262 g/mol. The van der Waals surface area contributed by atoms with Crippen molar-refractivity contribution in [3.05, 3.63) is 0 Å². The fourth-order valence-electron chi connectivity index (χ4n) is 2.69. The molecule has 20 heavy (non-hydrogen) atoms. The SMILES string of the molecule is O=C(O)C1CCN(C(=O)COCC2CCOCC2)CC1. The number of hydrogen-bond acceptors (Lipinski definition) is 4. The second kappa shape index (κ2) is 7.59. The smallest absolute Gasteiger partial charge is 0.306 e. The molecule has 2 aliphatic heterocycles. The third-order valence-corrected chi connectivity index (χ3v) is 4.12. The minimum atomic E-state index is -0.757. The Morgan fingerprint density at radius 2 is 1.80 bits per heavy atom. The van der Waals surface area contributed by atoms with Gasteiger partial charge in [0, 0.05) is 26.3 Å². The van der Waals surface area contributed by atoms with Crippen LogP contribution in [0.25, 0.3) is 0 Å². The molecule has 0 spiro atoms. The number of carbonyl (C=O) groups is 2. The zero-order valence-electron chi connectivity index (χ0n) is 11.8. The number of piperidine rings is 1. The Morgan fingerprint density at radius 1 is 1.15 bits per heavy atom. The molecule has 114 valence electrons. The van der Waals surface area contributed by atoms with E-state index in [1.165, 1.54) is 0 Å². The molecule has 0 atom stereocenters. The number of carboxylic acid groups (broad SMARTS) is 1. The number of ether oxygens (including phenoxy) is 2. The standard InChI is InChI=1S/C14H23NO5/c16-13(10-20-9-11-3-7-19-8-4-11)15-5-1-12(2-6-15)14(17)18/h11-12H,1-10H2,(H,17,18). The number of carboxylic acids is 1. The zero-order valence-corrected chi connectivity index (χ0v) is 11.8. The number of carbonyl (C=O) groups excluding carboxylic acids is 1. The quantitative estimate of drug-likeness (QED) is 0.807. The van der Waals surface area contributed by atoms with Crippen molar-refractivity contribution in [2.75, 3.05) is 39.5 Å². The van der Waals surface area contributed by atoms with E-state index in [0.717, 1.165) is 26.1 Å². The Balaban J connectivity index is 1.61. The molecule has 0 unspecified atom stereocenters. The van der Waals surface area contributed by atoms with Crippen LogP contribution < -0.4 is 0 Å². The summed E-state index contributed by atoms with van der Waals surface area (Å²) in [5.41, 5.74) is 0. The largest absolute Gasteiger partial charge is 0.481 e. The van der Waals surface area contributed by atoms with Crippen molar-refractivity contribution in [1.29, 1.82) is 0 Å². The molecule has 6 nitrogen and oxygen atoms in total. The normalized spacial score (nSPS) is 21.9. The summed E-state index contributed by atoms with van der Waals surface area (Å²) in [4.78, 5) is 24.5. The summed E-state index contributed by atoms with van der Waals surface area (Å²) in [6.07, 6.45) is 3.08. The molecule has 1 N–H and O–H groups in total. The molecular formula is C14H23NO5. The molecule has 1 amide bonds. The van der Waals surface area contributed by atoms with E-state index >= 15 is 0 Å². The number of likely N-dealkylation sites (tertiary alicyclic amines) is 1. The van der Waals surface area contributed by atoms with Crippen LogP contribution in [0.4, 0.5) is 0 Å². The van der Waals surface area contributed by atoms with Gasteiger partial charge in [0.05, 0.1) is 12.5 Å². The Bertz CT molecular complexity index is 332. The second-order valence-corrected chi connectivity index (χ2v) is 5.56. The van der Waals surface area contributed by atoms with E-state index in [9.17, 15) is 9.59 Å². The van der Waals surface area contributed by atoms with Crippen molar-refractivity contribution in [2.24, 2.45) is 11.8 Å². The van der Waals surface area contributed by atoms with Gasteiger partial charge >= 0.3 is 5.97 Å². The molecule has 6 heteroatoms. The predicted molar refractivity (Wildman–Crippen MR) is 71.3 cm³/mol. The van der Waals surface area contributed by atoms with Crippen LogP contribution in [0.5, 0.6) is 0 Å². The fraction of sp³-hybridized carbons (Fsp3) is 0.857. The first kappa shape index (κ1) is 15.3. The molecule has 0 bridgehead atoms. The Kier molecular flexibility index (Phi) is 5.79. The van der Waals surface area contributed by atoms with Crippen molar-refractivity contribution in [2.45, 2.75) is 25.7 Å². The highest BCUT2D eigenvalue weighted by Crippen LogP contribution is 2.18. The molecule has 2 fully saturated rings. The molecule has 2 aliphatic rings. The van der Waals surface area contributed by atoms with E-state index in [1.54, 1.807) is 4.90 Å². The average Bonchev–Trinajstić information content (AvgIpc) is 2.48. The summed E-state index contributed by atoms with van der Waals surface area (Å²) >= 11 is 0. The maximum absolute atomic E-state index is 11.9. The summed E-state index contributed by atoms with van der Waals surface area (Å²) in [6.45, 7) is 3.33. The summed E-state index contributed by atoms with van der Waals surface area (Å²) in [6, 6.07) is 0. The van der Waals surface area contributed by atoms with Crippen molar-refractivity contribution in [3.8, 4) is 0 Å². The second-order valence-electron chi connectivity index (χ2n) is 5.56. The minimum absolute atomic E-state index is 0.0269. The van der Waals surface area contributed by atoms with Gasteiger partial charge in [0.2, 0.25) is 5.91 Å². The lowest BCUT2D eigenvalue weighted by atomic mass is 9.97. The minimum Gasteiger partial charge on any atom is -0.481 e. The van der Waals surface area contributed by atoms with Gasteiger partial charge in [-0.15, -0.1) is 0 Å². The Hall–Kier alpha value is -1.14. The summed E-state index contributed by atoms with van der Waals surface area (Å²) in [7, 11) is 0. The first-order valence-electron chi connectivity index (χ1n) is 7.33.